The Morgan fingerprint density at radius 3 is 2.35 bits per heavy atom. The fraction of sp³-hybridized carbons (Fsp3) is 0.346. The Balaban J connectivity index is 1.62. The molecule has 0 bridgehead atoms. The van der Waals surface area contributed by atoms with E-state index < -0.39 is 15.8 Å². The minimum absolute atomic E-state index is 0.0974. The van der Waals surface area contributed by atoms with E-state index >= 15 is 0 Å². The number of benzene rings is 2. The molecule has 0 amide bonds. The van der Waals surface area contributed by atoms with Crippen LogP contribution in [0.1, 0.15) is 26.3 Å². The molecule has 194 valence electrons. The second kappa shape index (κ2) is 9.25. The van der Waals surface area contributed by atoms with Crippen molar-refractivity contribution in [3.63, 3.8) is 0 Å². The van der Waals surface area contributed by atoms with Crippen LogP contribution in [0.3, 0.4) is 0 Å². The summed E-state index contributed by atoms with van der Waals surface area (Å²) in [5.74, 6) is 0.470. The van der Waals surface area contributed by atoms with Crippen LogP contribution < -0.4 is 9.80 Å². The number of hydrogen-bond acceptors (Lipinski definition) is 7. The first kappa shape index (κ1) is 25.4. The van der Waals surface area contributed by atoms with E-state index in [0.717, 1.165) is 22.0 Å². The van der Waals surface area contributed by atoms with E-state index in [1.54, 1.807) is 42.5 Å². The third-order valence-electron chi connectivity index (χ3n) is 6.69. The minimum atomic E-state index is -3.97. The summed E-state index contributed by atoms with van der Waals surface area (Å²) in [4.78, 5) is 12.6. The van der Waals surface area contributed by atoms with Gasteiger partial charge in [-0.05, 0) is 36.6 Å². The molecule has 1 aliphatic rings. The molecule has 1 fully saturated rings. The second-order valence-corrected chi connectivity index (χ2v) is 12.5. The van der Waals surface area contributed by atoms with Gasteiger partial charge in [-0.25, -0.2) is 14.4 Å². The van der Waals surface area contributed by atoms with E-state index in [1.165, 1.54) is 0 Å². The SMILES string of the molecule is Cc1ccc(S(=O)(=O)n2nc(N3CCN(c4ncc(F)cn4)CC3C(C)(C)C)c3c(Cl)cccc32)cc1. The van der Waals surface area contributed by atoms with Gasteiger partial charge in [0, 0.05) is 19.6 Å². The predicted octanol–water partition coefficient (Wildman–Crippen LogP) is 4.91. The summed E-state index contributed by atoms with van der Waals surface area (Å²) >= 11 is 6.67. The fourth-order valence-corrected chi connectivity index (χ4v) is 6.24. The monoisotopic (exact) mass is 542 g/mol. The molecule has 2 aromatic carbocycles. The molecule has 0 aliphatic carbocycles. The normalized spacial score (nSPS) is 17.0. The Hall–Kier alpha value is -3.24. The maximum atomic E-state index is 13.7. The molecule has 1 atom stereocenters. The van der Waals surface area contributed by atoms with E-state index in [1.807, 2.05) is 11.8 Å². The highest BCUT2D eigenvalue weighted by atomic mass is 35.5. The highest BCUT2D eigenvalue weighted by molar-refractivity contribution is 7.90. The predicted molar refractivity (Wildman–Crippen MR) is 143 cm³/mol. The zero-order valence-electron chi connectivity index (χ0n) is 21.1. The fourth-order valence-electron chi connectivity index (χ4n) is 4.71. The minimum Gasteiger partial charge on any atom is -0.347 e. The average molecular weight is 543 g/mol. The van der Waals surface area contributed by atoms with Gasteiger partial charge in [0.1, 0.15) is 0 Å². The van der Waals surface area contributed by atoms with Crippen molar-refractivity contribution in [3.05, 3.63) is 71.3 Å². The van der Waals surface area contributed by atoms with E-state index in [2.05, 4.69) is 40.7 Å². The third kappa shape index (κ3) is 4.64. The van der Waals surface area contributed by atoms with Crippen LogP contribution in [0.2, 0.25) is 5.02 Å². The molecule has 2 aromatic heterocycles. The van der Waals surface area contributed by atoms with Crippen LogP contribution >= 0.6 is 11.6 Å². The van der Waals surface area contributed by atoms with Gasteiger partial charge in [-0.2, -0.15) is 12.5 Å². The summed E-state index contributed by atoms with van der Waals surface area (Å²) in [6, 6.07) is 11.8. The maximum Gasteiger partial charge on any atom is 0.283 e. The van der Waals surface area contributed by atoms with E-state index in [9.17, 15) is 12.8 Å². The average Bonchev–Trinajstić information content (AvgIpc) is 3.26. The van der Waals surface area contributed by atoms with Crippen molar-refractivity contribution in [3.8, 4) is 0 Å². The quantitative estimate of drug-likeness (QED) is 0.362. The van der Waals surface area contributed by atoms with E-state index in [4.69, 9.17) is 11.6 Å². The molecule has 0 N–H and O–H groups in total. The van der Waals surface area contributed by atoms with Crippen molar-refractivity contribution in [2.24, 2.45) is 5.41 Å². The number of hydrogen-bond donors (Lipinski definition) is 0. The number of fused-ring (bicyclic) bond motifs is 1. The first-order chi connectivity index (χ1) is 17.5. The van der Waals surface area contributed by atoms with Gasteiger partial charge in [-0.1, -0.05) is 56.1 Å². The molecule has 5 rings (SSSR count). The van der Waals surface area contributed by atoms with Gasteiger partial charge < -0.3 is 9.80 Å². The Morgan fingerprint density at radius 1 is 1.03 bits per heavy atom. The van der Waals surface area contributed by atoms with Gasteiger partial charge in [0.2, 0.25) is 5.95 Å². The molecule has 8 nitrogen and oxygen atoms in total. The van der Waals surface area contributed by atoms with Crippen LogP contribution in [0.5, 0.6) is 0 Å². The van der Waals surface area contributed by atoms with Crippen molar-refractivity contribution in [1.29, 1.82) is 0 Å². The van der Waals surface area contributed by atoms with Crippen LogP contribution in [0.15, 0.2) is 59.8 Å². The highest BCUT2D eigenvalue weighted by Crippen LogP contribution is 2.39. The Kier molecular flexibility index (Phi) is 6.35. The summed E-state index contributed by atoms with van der Waals surface area (Å²) in [5.41, 5.74) is 1.15. The van der Waals surface area contributed by atoms with Crippen LogP contribution in [0.4, 0.5) is 16.2 Å². The topological polar surface area (TPSA) is 84.2 Å². The lowest BCUT2D eigenvalue weighted by Gasteiger charge is -2.47. The summed E-state index contributed by atoms with van der Waals surface area (Å²) in [6.45, 7) is 9.85. The van der Waals surface area contributed by atoms with Crippen molar-refractivity contribution in [1.82, 2.24) is 19.2 Å². The van der Waals surface area contributed by atoms with Gasteiger partial charge >= 0.3 is 0 Å². The van der Waals surface area contributed by atoms with Crippen LogP contribution in [0, 0.1) is 18.2 Å². The van der Waals surface area contributed by atoms with Gasteiger partial charge in [-0.15, -0.1) is 5.10 Å². The van der Waals surface area contributed by atoms with Crippen LogP contribution in [0.25, 0.3) is 10.9 Å². The van der Waals surface area contributed by atoms with Crippen LogP contribution in [-0.2, 0) is 10.0 Å². The molecule has 1 saturated heterocycles. The van der Waals surface area contributed by atoms with Gasteiger partial charge in [0.15, 0.2) is 11.6 Å². The molecule has 4 aromatic rings. The number of aryl methyl sites for hydroxylation is 1. The number of aromatic nitrogens is 4. The summed E-state index contributed by atoms with van der Waals surface area (Å²) in [6.07, 6.45) is 2.32. The smallest absolute Gasteiger partial charge is 0.283 e. The summed E-state index contributed by atoms with van der Waals surface area (Å²) in [7, 11) is -3.97. The van der Waals surface area contributed by atoms with E-state index in [0.29, 0.717) is 47.3 Å². The highest BCUT2D eigenvalue weighted by Gasteiger charge is 2.39. The molecule has 0 radical (unpaired) electrons. The zero-order chi connectivity index (χ0) is 26.5. The molecule has 1 aliphatic heterocycles. The van der Waals surface area contributed by atoms with Gasteiger partial charge in [-0.3, -0.25) is 0 Å². The molecule has 1 unspecified atom stereocenters. The van der Waals surface area contributed by atoms with Gasteiger partial charge in [0.25, 0.3) is 10.0 Å². The third-order valence-corrected chi connectivity index (χ3v) is 8.61. The lowest BCUT2D eigenvalue weighted by atomic mass is 9.84. The number of anilines is 2. The van der Waals surface area contributed by atoms with Gasteiger partial charge in [0.05, 0.1) is 39.3 Å². The van der Waals surface area contributed by atoms with E-state index in [-0.39, 0.29) is 16.4 Å². The molecule has 0 spiro atoms. The van der Waals surface area contributed by atoms with Crippen LogP contribution in [-0.4, -0.2) is 53.2 Å². The largest absolute Gasteiger partial charge is 0.347 e. The molecule has 3 heterocycles. The van der Waals surface area contributed by atoms with Crippen molar-refractivity contribution < 1.29 is 12.8 Å². The molecular formula is C26H28ClFN6O2S. The Morgan fingerprint density at radius 2 is 1.70 bits per heavy atom. The Labute approximate surface area is 220 Å². The maximum absolute atomic E-state index is 13.7. The van der Waals surface area contributed by atoms with Crippen molar-refractivity contribution in [2.75, 3.05) is 29.4 Å². The standard InChI is InChI=1S/C26H28ClFN6O2S/c1-17-8-10-19(11-9-17)37(35,36)34-21-7-5-6-20(27)23(21)24(31-34)33-13-12-32(16-22(33)26(2,3)4)25-29-14-18(28)15-30-25/h5-11,14-15,22H,12-13,16H2,1-4H3. The number of halogens is 2. The number of rotatable bonds is 4. The lowest BCUT2D eigenvalue weighted by Crippen LogP contribution is -2.59. The van der Waals surface area contributed by atoms with Crippen molar-refractivity contribution in [2.45, 2.75) is 38.6 Å². The lowest BCUT2D eigenvalue weighted by molar-refractivity contribution is 0.286. The van der Waals surface area contributed by atoms with Crippen molar-refractivity contribution >= 4 is 44.3 Å². The first-order valence-electron chi connectivity index (χ1n) is 12.0. The number of piperazine rings is 1. The summed E-state index contributed by atoms with van der Waals surface area (Å²) < 4.78 is 41.9. The zero-order valence-corrected chi connectivity index (χ0v) is 22.6. The second-order valence-electron chi connectivity index (χ2n) is 10.3. The first-order valence-corrected chi connectivity index (χ1v) is 13.8. The molecular weight excluding hydrogens is 515 g/mol. The summed E-state index contributed by atoms with van der Waals surface area (Å²) in [5, 5.41) is 5.70. The Bertz CT molecular complexity index is 1550. The molecule has 11 heteroatoms. The number of nitrogens with zero attached hydrogens (tertiary/aromatic N) is 6. The molecule has 0 saturated carbocycles. The molecule has 37 heavy (non-hydrogen) atoms.